The van der Waals surface area contributed by atoms with Crippen molar-refractivity contribution in [3.63, 3.8) is 0 Å². The van der Waals surface area contributed by atoms with Gasteiger partial charge in [0.25, 0.3) is 20.0 Å². The lowest BCUT2D eigenvalue weighted by atomic mass is 10.3. The van der Waals surface area contributed by atoms with E-state index in [0.29, 0.717) is 16.4 Å². The monoisotopic (exact) mass is 519 g/mol. The normalized spacial score (nSPS) is 14.3. The Morgan fingerprint density at radius 2 is 1.00 bits per heavy atom. The van der Waals surface area contributed by atoms with Crippen LogP contribution in [-0.4, -0.2) is 28.6 Å². The molecule has 0 aromatic heterocycles. The van der Waals surface area contributed by atoms with Gasteiger partial charge >= 0.3 is 0 Å². The molecule has 4 rings (SSSR count). The van der Waals surface area contributed by atoms with Crippen LogP contribution in [0, 0.1) is 0 Å². The predicted molar refractivity (Wildman–Crippen MR) is 128 cm³/mol. The predicted octanol–water partition coefficient (Wildman–Crippen LogP) is 3.60. The number of sulfonamides is 2. The maximum atomic E-state index is 12.7. The lowest BCUT2D eigenvalue weighted by Gasteiger charge is -2.14. The van der Waals surface area contributed by atoms with Crippen molar-refractivity contribution in [1.82, 2.24) is 0 Å². The van der Waals surface area contributed by atoms with E-state index in [9.17, 15) is 26.4 Å². The van der Waals surface area contributed by atoms with Gasteiger partial charge in [-0.15, -0.1) is 0 Å². The van der Waals surface area contributed by atoms with Crippen LogP contribution in [0.4, 0.5) is 17.1 Å². The first-order valence-corrected chi connectivity index (χ1v) is 13.3. The van der Waals surface area contributed by atoms with Gasteiger partial charge in [-0.1, -0.05) is 11.6 Å². The average Bonchev–Trinajstić information content (AvgIpc) is 3.13. The fraction of sp³-hybridized carbons (Fsp3) is 0.0909. The van der Waals surface area contributed by atoms with Crippen LogP contribution in [0.5, 0.6) is 0 Å². The molecule has 0 bridgehead atoms. The van der Waals surface area contributed by atoms with Gasteiger partial charge < -0.3 is 0 Å². The summed E-state index contributed by atoms with van der Waals surface area (Å²) >= 11 is 5.80. The summed E-state index contributed by atoms with van der Waals surface area (Å²) in [5, 5.41) is 0.465. The highest BCUT2D eigenvalue weighted by atomic mass is 35.5. The SMILES string of the molecule is O=C1CCC(=O)N1c1ccc(S(=O)(=O)Nc2ccc(S(=O)(=O)Nc3ccc(Cl)cc3)cc2)cc1. The molecule has 9 nitrogen and oxygen atoms in total. The third kappa shape index (κ3) is 5.06. The zero-order valence-electron chi connectivity index (χ0n) is 17.4. The van der Waals surface area contributed by atoms with E-state index < -0.39 is 20.0 Å². The second kappa shape index (κ2) is 9.09. The standard InChI is InChI=1S/C22H18ClN3O6S2/c23-15-1-3-16(4-2-15)24-33(29,30)19-9-5-17(6-10-19)25-34(31,32)20-11-7-18(8-12-20)26-21(27)13-14-22(26)28/h1-12,24-25H,13-14H2. The smallest absolute Gasteiger partial charge is 0.261 e. The van der Waals surface area contributed by atoms with E-state index in [1.807, 2.05) is 0 Å². The first-order chi connectivity index (χ1) is 16.0. The van der Waals surface area contributed by atoms with Crippen LogP contribution >= 0.6 is 11.6 Å². The van der Waals surface area contributed by atoms with Crippen molar-refractivity contribution in [2.24, 2.45) is 0 Å². The van der Waals surface area contributed by atoms with Gasteiger partial charge in [0.2, 0.25) is 11.8 Å². The van der Waals surface area contributed by atoms with E-state index in [-0.39, 0.29) is 40.1 Å². The Kier molecular flexibility index (Phi) is 6.34. The molecule has 0 radical (unpaired) electrons. The molecule has 3 aromatic carbocycles. The lowest BCUT2D eigenvalue weighted by Crippen LogP contribution is -2.28. The zero-order chi connectivity index (χ0) is 24.5. The molecule has 176 valence electrons. The molecule has 0 unspecified atom stereocenters. The molecule has 1 saturated heterocycles. The number of imide groups is 1. The van der Waals surface area contributed by atoms with E-state index in [1.54, 1.807) is 12.1 Å². The van der Waals surface area contributed by atoms with Crippen molar-refractivity contribution in [3.05, 3.63) is 77.8 Å². The van der Waals surface area contributed by atoms with Crippen LogP contribution in [0.15, 0.2) is 82.6 Å². The number of nitrogens with one attached hydrogen (secondary N) is 2. The van der Waals surface area contributed by atoms with Gasteiger partial charge in [0.15, 0.2) is 0 Å². The van der Waals surface area contributed by atoms with Gasteiger partial charge in [-0.3, -0.25) is 23.9 Å². The Labute approximate surface area is 201 Å². The summed E-state index contributed by atoms with van der Waals surface area (Å²) in [6, 6.07) is 16.6. The fourth-order valence-electron chi connectivity index (χ4n) is 3.29. The van der Waals surface area contributed by atoms with Crippen molar-refractivity contribution in [1.29, 1.82) is 0 Å². The molecule has 3 aromatic rings. The van der Waals surface area contributed by atoms with E-state index in [1.165, 1.54) is 60.7 Å². The Bertz CT molecular complexity index is 1440. The average molecular weight is 520 g/mol. The molecule has 0 spiro atoms. The molecular weight excluding hydrogens is 502 g/mol. The molecule has 0 atom stereocenters. The Hall–Kier alpha value is -3.41. The van der Waals surface area contributed by atoms with Crippen molar-refractivity contribution < 1.29 is 26.4 Å². The summed E-state index contributed by atoms with van der Waals surface area (Å²) in [6.45, 7) is 0. The number of hydrogen-bond donors (Lipinski definition) is 2. The minimum Gasteiger partial charge on any atom is -0.280 e. The molecule has 2 N–H and O–H groups in total. The third-order valence-corrected chi connectivity index (χ3v) is 8.02. The third-order valence-electron chi connectivity index (χ3n) is 4.97. The van der Waals surface area contributed by atoms with Crippen LogP contribution in [-0.2, 0) is 29.6 Å². The minimum atomic E-state index is -4.00. The van der Waals surface area contributed by atoms with Gasteiger partial charge in [0.05, 0.1) is 15.5 Å². The fourth-order valence-corrected chi connectivity index (χ4v) is 5.53. The topological polar surface area (TPSA) is 130 Å². The van der Waals surface area contributed by atoms with Gasteiger partial charge in [-0.25, -0.2) is 16.8 Å². The van der Waals surface area contributed by atoms with E-state index in [4.69, 9.17) is 11.6 Å². The Morgan fingerprint density at radius 1 is 0.618 bits per heavy atom. The van der Waals surface area contributed by atoms with Crippen molar-refractivity contribution in [2.45, 2.75) is 22.6 Å². The second-order valence-electron chi connectivity index (χ2n) is 7.36. The zero-order valence-corrected chi connectivity index (χ0v) is 19.8. The van der Waals surface area contributed by atoms with Crippen LogP contribution in [0.3, 0.4) is 0 Å². The van der Waals surface area contributed by atoms with E-state index >= 15 is 0 Å². The number of rotatable bonds is 7. The van der Waals surface area contributed by atoms with Gasteiger partial charge in [-0.2, -0.15) is 0 Å². The largest absolute Gasteiger partial charge is 0.280 e. The maximum Gasteiger partial charge on any atom is 0.261 e. The molecule has 1 aliphatic rings. The molecule has 0 aliphatic carbocycles. The van der Waals surface area contributed by atoms with Crippen LogP contribution < -0.4 is 14.3 Å². The summed E-state index contributed by atoms with van der Waals surface area (Å²) in [6.07, 6.45) is 0.253. The molecule has 34 heavy (non-hydrogen) atoms. The second-order valence-corrected chi connectivity index (χ2v) is 11.2. The summed E-state index contributed by atoms with van der Waals surface area (Å²) in [5.74, 6) is -0.668. The van der Waals surface area contributed by atoms with E-state index in [2.05, 4.69) is 9.44 Å². The number of nitrogens with zero attached hydrogens (tertiary/aromatic N) is 1. The highest BCUT2D eigenvalue weighted by Crippen LogP contribution is 2.25. The van der Waals surface area contributed by atoms with Gasteiger partial charge in [0, 0.05) is 29.2 Å². The first kappa shape index (κ1) is 23.7. The minimum absolute atomic E-state index is 0.0605. The Balaban J connectivity index is 1.47. The number of carbonyl (C=O) groups is 2. The molecule has 1 heterocycles. The molecule has 1 fully saturated rings. The quantitative estimate of drug-likeness (QED) is 0.459. The summed E-state index contributed by atoms with van der Waals surface area (Å²) < 4.78 is 55.3. The summed E-state index contributed by atoms with van der Waals surface area (Å²) in [5.41, 5.74) is 0.781. The van der Waals surface area contributed by atoms with Crippen molar-refractivity contribution in [3.8, 4) is 0 Å². The van der Waals surface area contributed by atoms with Crippen molar-refractivity contribution >= 4 is 60.5 Å². The molecule has 1 aliphatic heterocycles. The highest BCUT2D eigenvalue weighted by Gasteiger charge is 2.30. The number of halogens is 1. The van der Waals surface area contributed by atoms with E-state index in [0.717, 1.165) is 4.90 Å². The van der Waals surface area contributed by atoms with Crippen molar-refractivity contribution in [2.75, 3.05) is 14.3 Å². The molecule has 12 heteroatoms. The number of hydrogen-bond acceptors (Lipinski definition) is 6. The number of anilines is 3. The van der Waals surface area contributed by atoms with Crippen LogP contribution in [0.2, 0.25) is 5.02 Å². The maximum absolute atomic E-state index is 12.7. The molecule has 0 saturated carbocycles. The highest BCUT2D eigenvalue weighted by molar-refractivity contribution is 7.93. The van der Waals surface area contributed by atoms with Crippen LogP contribution in [0.1, 0.15) is 12.8 Å². The number of carbonyl (C=O) groups excluding carboxylic acids is 2. The van der Waals surface area contributed by atoms with Gasteiger partial charge in [-0.05, 0) is 72.8 Å². The summed E-state index contributed by atoms with van der Waals surface area (Å²) in [4.78, 5) is 24.6. The molecular formula is C22H18ClN3O6S2. The van der Waals surface area contributed by atoms with Gasteiger partial charge in [0.1, 0.15) is 0 Å². The van der Waals surface area contributed by atoms with Crippen LogP contribution in [0.25, 0.3) is 0 Å². The first-order valence-electron chi connectivity index (χ1n) is 9.92. The number of amides is 2. The Morgan fingerprint density at radius 3 is 1.44 bits per heavy atom. The lowest BCUT2D eigenvalue weighted by molar-refractivity contribution is -0.121. The molecule has 2 amide bonds. The number of benzene rings is 3. The summed E-state index contributed by atoms with van der Waals surface area (Å²) in [7, 11) is -7.89.